The standard InChI is InChI=1S/C11H23Cl/c1-9(2)10-4-6-11(3,8-12)7-5-10/h9-10H,4-8,12H2,1-3H3/q+2. The van der Waals surface area contributed by atoms with E-state index in [1.54, 1.807) is 0 Å². The molecule has 0 nitrogen and oxygen atoms in total. The Kier molecular flexibility index (Phi) is 3.46. The fraction of sp³-hybridized carbons (Fsp3) is 1.00. The maximum atomic E-state index is 4.43. The molecule has 0 amide bonds. The van der Waals surface area contributed by atoms with Gasteiger partial charge in [0, 0.05) is 0 Å². The number of halogens is 1. The van der Waals surface area contributed by atoms with Crippen molar-refractivity contribution >= 4 is 0 Å². The van der Waals surface area contributed by atoms with Crippen molar-refractivity contribution in [1.29, 1.82) is 0 Å². The topological polar surface area (TPSA) is 0 Å². The molecule has 0 radical (unpaired) electrons. The van der Waals surface area contributed by atoms with Crippen LogP contribution in [0.1, 0.15) is 46.5 Å². The van der Waals surface area contributed by atoms with Gasteiger partial charge in [-0.2, -0.15) is 0 Å². The van der Waals surface area contributed by atoms with E-state index in [4.69, 9.17) is 0 Å². The molecule has 1 aliphatic carbocycles. The monoisotopic (exact) mass is 190 g/mol. The molecule has 1 saturated carbocycles. The Morgan fingerprint density at radius 3 is 2.17 bits per heavy atom. The lowest BCUT2D eigenvalue weighted by molar-refractivity contribution is -0.393. The molecule has 1 fully saturated rings. The first-order valence-corrected chi connectivity index (χ1v) is 5.81. The summed E-state index contributed by atoms with van der Waals surface area (Å²) in [6.45, 7) is 7.10. The summed E-state index contributed by atoms with van der Waals surface area (Å²) in [4.78, 5) is 0. The molecule has 0 saturated heterocycles. The summed E-state index contributed by atoms with van der Waals surface area (Å²) in [6, 6.07) is 0. The second-order valence-electron chi connectivity index (χ2n) is 5.05. The normalized spacial score (nSPS) is 37.2. The van der Waals surface area contributed by atoms with Gasteiger partial charge >= 0.3 is 0 Å². The van der Waals surface area contributed by atoms with Gasteiger partial charge < -0.3 is 0 Å². The fourth-order valence-corrected chi connectivity index (χ4v) is 2.48. The minimum atomic E-state index is 0.550. The van der Waals surface area contributed by atoms with Crippen LogP contribution in [0.15, 0.2) is 0 Å². The van der Waals surface area contributed by atoms with Crippen LogP contribution in [0.2, 0.25) is 0 Å². The second-order valence-corrected chi connectivity index (χ2v) is 5.37. The third-order valence-corrected chi connectivity index (χ3v) is 4.33. The van der Waals surface area contributed by atoms with E-state index in [2.05, 4.69) is 32.4 Å². The van der Waals surface area contributed by atoms with Crippen molar-refractivity contribution in [2.75, 3.05) is 5.88 Å². The molecule has 0 aromatic rings. The molecule has 0 N–H and O–H groups in total. The molecule has 0 heterocycles. The molecule has 0 aromatic heterocycles. The van der Waals surface area contributed by atoms with Gasteiger partial charge in [-0.1, -0.05) is 13.8 Å². The number of rotatable bonds is 2. The van der Waals surface area contributed by atoms with Gasteiger partial charge in [0.2, 0.25) is 5.88 Å². The van der Waals surface area contributed by atoms with Crippen molar-refractivity contribution in [1.82, 2.24) is 0 Å². The van der Waals surface area contributed by atoms with Crippen LogP contribution >= 0.6 is 0 Å². The molecule has 0 atom stereocenters. The summed E-state index contributed by atoms with van der Waals surface area (Å²) < 4.78 is 0. The van der Waals surface area contributed by atoms with Gasteiger partial charge in [-0.05, 0) is 56.0 Å². The average Bonchev–Trinajstić information content (AvgIpc) is 2.05. The van der Waals surface area contributed by atoms with Gasteiger partial charge in [0.15, 0.2) is 0 Å². The Morgan fingerprint density at radius 1 is 1.33 bits per heavy atom. The highest BCUT2D eigenvalue weighted by Crippen LogP contribution is 2.40. The zero-order valence-electron chi connectivity index (χ0n) is 8.64. The average molecular weight is 191 g/mol. The molecule has 1 heteroatoms. The van der Waals surface area contributed by atoms with E-state index in [0.717, 1.165) is 17.7 Å². The molecule has 1 rings (SSSR count). The van der Waals surface area contributed by atoms with Crippen LogP contribution in [0, 0.1) is 28.9 Å². The number of hydrogen-bond donors (Lipinski definition) is 0. The first-order valence-electron chi connectivity index (χ1n) is 5.18. The minimum absolute atomic E-state index is 0.550. The third kappa shape index (κ3) is 2.39. The van der Waals surface area contributed by atoms with Crippen molar-refractivity contribution in [3.05, 3.63) is 0 Å². The van der Waals surface area contributed by atoms with Crippen molar-refractivity contribution < 1.29 is 11.6 Å². The minimum Gasteiger partial charge on any atom is -0.0625 e. The molecule has 0 unspecified atom stereocenters. The van der Waals surface area contributed by atoms with E-state index >= 15 is 0 Å². The molecule has 0 spiro atoms. The van der Waals surface area contributed by atoms with Gasteiger partial charge in [0.1, 0.15) is 0 Å². The summed E-state index contributed by atoms with van der Waals surface area (Å²) in [5, 5.41) is 0. The smallest absolute Gasteiger partial charge is 0.0625 e. The highest BCUT2D eigenvalue weighted by molar-refractivity contribution is 4.82. The number of hydrogen-bond acceptors (Lipinski definition) is 0. The predicted octanol–water partition coefficient (Wildman–Crippen LogP) is 2.85. The number of alkyl halides is 1. The first-order chi connectivity index (χ1) is 5.57. The molecule has 12 heavy (non-hydrogen) atoms. The highest BCUT2D eigenvalue weighted by atomic mass is 35.5. The SMILES string of the molecule is CC(C)C1CCC(C)(C[ClH2+2])CC1. The van der Waals surface area contributed by atoms with Crippen LogP contribution in [0.5, 0.6) is 0 Å². The van der Waals surface area contributed by atoms with E-state index in [9.17, 15) is 0 Å². The van der Waals surface area contributed by atoms with Crippen LogP contribution in [-0.2, 0) is 0 Å². The zero-order valence-corrected chi connectivity index (χ0v) is 9.53. The van der Waals surface area contributed by atoms with Crippen LogP contribution in [0.4, 0.5) is 0 Å². The lowest BCUT2D eigenvalue weighted by atomic mass is 9.70. The Balaban J connectivity index is 2.39. The molecule has 0 aliphatic heterocycles. The molecular formula is C11H23Cl+2. The van der Waals surface area contributed by atoms with Crippen molar-refractivity contribution in [3.8, 4) is 0 Å². The third-order valence-electron chi connectivity index (χ3n) is 3.56. The quantitative estimate of drug-likeness (QED) is 0.588. The van der Waals surface area contributed by atoms with Crippen molar-refractivity contribution in [2.24, 2.45) is 17.3 Å². The van der Waals surface area contributed by atoms with Crippen molar-refractivity contribution in [3.63, 3.8) is 0 Å². The fourth-order valence-electron chi connectivity index (χ4n) is 2.16. The highest BCUT2D eigenvalue weighted by Gasteiger charge is 2.35. The Bertz CT molecular complexity index is 132. The second kappa shape index (κ2) is 4.00. The molecule has 1 aliphatic rings. The lowest BCUT2D eigenvalue weighted by Gasteiger charge is -2.34. The Morgan fingerprint density at radius 2 is 1.83 bits per heavy atom. The largest absolute Gasteiger partial charge is 0.229 e. The Hall–Kier alpha value is 0.290. The van der Waals surface area contributed by atoms with E-state index in [-0.39, 0.29) is 0 Å². The summed E-state index contributed by atoms with van der Waals surface area (Å²) in [5.41, 5.74) is 0.550. The van der Waals surface area contributed by atoms with Crippen LogP contribution in [0.3, 0.4) is 0 Å². The Labute approximate surface area is 81.7 Å². The first kappa shape index (κ1) is 10.4. The molecule has 72 valence electrons. The zero-order chi connectivity index (χ0) is 9.19. The van der Waals surface area contributed by atoms with E-state index in [0.29, 0.717) is 5.41 Å². The van der Waals surface area contributed by atoms with Crippen LogP contribution in [0.25, 0.3) is 0 Å². The summed E-state index contributed by atoms with van der Waals surface area (Å²) in [6.07, 6.45) is 5.63. The maximum Gasteiger partial charge on any atom is 0.229 e. The van der Waals surface area contributed by atoms with Crippen LogP contribution < -0.4 is 0 Å². The molecular weight excluding hydrogens is 168 g/mol. The predicted molar refractivity (Wildman–Crippen MR) is 52.6 cm³/mol. The van der Waals surface area contributed by atoms with Gasteiger partial charge in [0.25, 0.3) is 0 Å². The summed E-state index contributed by atoms with van der Waals surface area (Å²) >= 11 is 4.43. The van der Waals surface area contributed by atoms with E-state index in [1.807, 2.05) is 0 Å². The van der Waals surface area contributed by atoms with Gasteiger partial charge in [-0.25, -0.2) is 0 Å². The lowest BCUT2D eigenvalue weighted by Crippen LogP contribution is -2.28. The van der Waals surface area contributed by atoms with Gasteiger partial charge in [0.05, 0.1) is 5.41 Å². The van der Waals surface area contributed by atoms with E-state index < -0.39 is 0 Å². The van der Waals surface area contributed by atoms with E-state index in [1.165, 1.54) is 25.7 Å². The van der Waals surface area contributed by atoms with Crippen molar-refractivity contribution in [2.45, 2.75) is 46.5 Å². The maximum absolute atomic E-state index is 4.43. The van der Waals surface area contributed by atoms with Crippen LogP contribution in [-0.4, -0.2) is 5.88 Å². The molecule has 0 bridgehead atoms. The molecule has 0 aromatic carbocycles. The summed E-state index contributed by atoms with van der Waals surface area (Å²) in [7, 11) is 0. The summed E-state index contributed by atoms with van der Waals surface area (Å²) in [5.74, 6) is 2.94. The van der Waals surface area contributed by atoms with Gasteiger partial charge in [-0.15, -0.1) is 0 Å². The van der Waals surface area contributed by atoms with Gasteiger partial charge in [-0.3, -0.25) is 0 Å².